The van der Waals surface area contributed by atoms with Crippen LogP contribution in [0.5, 0.6) is 0 Å². The topological polar surface area (TPSA) is 98.7 Å². The van der Waals surface area contributed by atoms with Gasteiger partial charge in [-0.2, -0.15) is 4.80 Å². The fourth-order valence-corrected chi connectivity index (χ4v) is 0.789. The highest BCUT2D eigenvalue weighted by Crippen LogP contribution is 2.00. The van der Waals surface area contributed by atoms with Crippen LogP contribution in [0.1, 0.15) is 6.92 Å². The number of hydrogen-bond acceptors (Lipinski definition) is 5. The zero-order chi connectivity index (χ0) is 10.7. The van der Waals surface area contributed by atoms with Gasteiger partial charge in [-0.25, -0.2) is 0 Å². The molecule has 8 heteroatoms. The number of hydrogen-bond donors (Lipinski definition) is 2. The average Bonchev–Trinajstić information content (AvgIpc) is 2.49. The highest BCUT2D eigenvalue weighted by Gasteiger charge is 2.17. The van der Waals surface area contributed by atoms with Crippen LogP contribution >= 0.6 is 12.2 Å². The molecule has 0 aliphatic heterocycles. The SMILES string of the molecule is CC(C(=O)Nc1nnn(C)n1)C(N)=S. The lowest BCUT2D eigenvalue weighted by molar-refractivity contribution is -0.117. The van der Waals surface area contributed by atoms with Crippen molar-refractivity contribution in [1.82, 2.24) is 20.2 Å². The van der Waals surface area contributed by atoms with Crippen molar-refractivity contribution in [3.63, 3.8) is 0 Å². The van der Waals surface area contributed by atoms with Gasteiger partial charge in [0.2, 0.25) is 5.91 Å². The van der Waals surface area contributed by atoms with E-state index in [9.17, 15) is 4.79 Å². The second-order valence-electron chi connectivity index (χ2n) is 2.72. The van der Waals surface area contributed by atoms with Gasteiger partial charge in [-0.3, -0.25) is 10.1 Å². The van der Waals surface area contributed by atoms with E-state index in [1.807, 2.05) is 0 Å². The van der Waals surface area contributed by atoms with Gasteiger partial charge in [-0.05, 0) is 12.1 Å². The molecule has 76 valence electrons. The minimum absolute atomic E-state index is 0.131. The molecule has 1 atom stereocenters. The lowest BCUT2D eigenvalue weighted by Crippen LogP contribution is -2.31. The van der Waals surface area contributed by atoms with Crippen molar-refractivity contribution >= 4 is 29.1 Å². The monoisotopic (exact) mass is 214 g/mol. The minimum Gasteiger partial charge on any atom is -0.393 e. The largest absolute Gasteiger partial charge is 0.393 e. The summed E-state index contributed by atoms with van der Waals surface area (Å²) in [7, 11) is 1.60. The van der Waals surface area contributed by atoms with Gasteiger partial charge in [-0.1, -0.05) is 17.3 Å². The number of aryl methyl sites for hydroxylation is 1. The summed E-state index contributed by atoms with van der Waals surface area (Å²) in [4.78, 5) is 12.7. The molecular weight excluding hydrogens is 204 g/mol. The Morgan fingerprint density at radius 3 is 2.79 bits per heavy atom. The lowest BCUT2D eigenvalue weighted by Gasteiger charge is -2.06. The number of amides is 1. The number of aromatic nitrogens is 4. The van der Waals surface area contributed by atoms with Crippen molar-refractivity contribution in [2.45, 2.75) is 6.92 Å². The van der Waals surface area contributed by atoms with Gasteiger partial charge in [-0.15, -0.1) is 5.10 Å². The minimum atomic E-state index is -0.547. The first kappa shape index (κ1) is 10.5. The van der Waals surface area contributed by atoms with Gasteiger partial charge in [0, 0.05) is 0 Å². The van der Waals surface area contributed by atoms with Gasteiger partial charge in [0.1, 0.15) is 0 Å². The Labute approximate surface area is 85.6 Å². The molecule has 0 aromatic carbocycles. The average molecular weight is 214 g/mol. The first-order chi connectivity index (χ1) is 6.50. The molecule has 1 rings (SSSR count). The van der Waals surface area contributed by atoms with E-state index in [-0.39, 0.29) is 16.8 Å². The Morgan fingerprint density at radius 2 is 2.36 bits per heavy atom. The summed E-state index contributed by atoms with van der Waals surface area (Å²) in [6.07, 6.45) is 0. The molecule has 1 aromatic heterocycles. The second-order valence-corrected chi connectivity index (χ2v) is 3.19. The number of nitrogens with two attached hydrogens (primary N) is 1. The first-order valence-corrected chi connectivity index (χ1v) is 4.25. The number of carbonyl (C=O) groups excluding carboxylic acids is 1. The normalized spacial score (nSPS) is 12.1. The molecule has 0 saturated carbocycles. The summed E-state index contributed by atoms with van der Waals surface area (Å²) < 4.78 is 0. The molecule has 1 aromatic rings. The zero-order valence-electron chi connectivity index (χ0n) is 7.76. The fourth-order valence-electron chi connectivity index (χ4n) is 0.682. The second kappa shape index (κ2) is 4.09. The maximum atomic E-state index is 11.4. The van der Waals surface area contributed by atoms with Crippen LogP contribution < -0.4 is 11.1 Å². The third-order valence-electron chi connectivity index (χ3n) is 1.56. The third-order valence-corrected chi connectivity index (χ3v) is 1.92. The van der Waals surface area contributed by atoms with E-state index in [2.05, 4.69) is 32.9 Å². The molecule has 0 aliphatic rings. The van der Waals surface area contributed by atoms with Crippen molar-refractivity contribution in [2.75, 3.05) is 5.32 Å². The van der Waals surface area contributed by atoms with Gasteiger partial charge in [0.05, 0.1) is 18.0 Å². The highest BCUT2D eigenvalue weighted by molar-refractivity contribution is 7.80. The van der Waals surface area contributed by atoms with Crippen LogP contribution in [0.3, 0.4) is 0 Å². The van der Waals surface area contributed by atoms with Crippen LogP contribution in [0.2, 0.25) is 0 Å². The molecule has 0 fully saturated rings. The van der Waals surface area contributed by atoms with E-state index in [0.717, 1.165) is 0 Å². The molecule has 3 N–H and O–H groups in total. The lowest BCUT2D eigenvalue weighted by atomic mass is 10.2. The quantitative estimate of drug-likeness (QED) is 0.631. The van der Waals surface area contributed by atoms with Crippen molar-refractivity contribution in [1.29, 1.82) is 0 Å². The van der Waals surface area contributed by atoms with Gasteiger partial charge in [0.25, 0.3) is 5.95 Å². The number of nitrogens with zero attached hydrogens (tertiary/aromatic N) is 4. The predicted octanol–water partition coefficient (Wildman–Crippen LogP) is -0.929. The Balaban J connectivity index is 2.61. The molecular formula is C6H10N6OS. The Morgan fingerprint density at radius 1 is 1.71 bits per heavy atom. The van der Waals surface area contributed by atoms with E-state index in [1.54, 1.807) is 14.0 Å². The molecule has 1 heterocycles. The van der Waals surface area contributed by atoms with Crippen LogP contribution in [0.25, 0.3) is 0 Å². The number of tetrazole rings is 1. The Kier molecular flexibility index (Phi) is 3.07. The summed E-state index contributed by atoms with van der Waals surface area (Å²) in [6.45, 7) is 1.61. The smallest absolute Gasteiger partial charge is 0.270 e. The maximum Gasteiger partial charge on any atom is 0.270 e. The molecule has 0 aliphatic carbocycles. The molecule has 0 radical (unpaired) electrons. The number of carbonyl (C=O) groups is 1. The zero-order valence-corrected chi connectivity index (χ0v) is 8.58. The summed E-state index contributed by atoms with van der Waals surface area (Å²) in [5.74, 6) is -0.750. The standard InChI is InChI=1S/C6H10N6OS/c1-3(4(7)14)5(13)8-6-9-11-12(2)10-6/h3H,1-2H3,(H2,7,14)(H,8,10,13). The predicted molar refractivity (Wildman–Crippen MR) is 53.4 cm³/mol. The molecule has 7 nitrogen and oxygen atoms in total. The summed E-state index contributed by atoms with van der Waals surface area (Å²) >= 11 is 4.67. The number of thiocarbonyl (C=S) groups is 1. The maximum absolute atomic E-state index is 11.4. The Bertz CT molecular complexity index is 361. The molecule has 0 saturated heterocycles. The van der Waals surface area contributed by atoms with E-state index in [1.165, 1.54) is 4.80 Å². The van der Waals surface area contributed by atoms with Crippen molar-refractivity contribution in [3.8, 4) is 0 Å². The number of anilines is 1. The van der Waals surface area contributed by atoms with Gasteiger partial charge >= 0.3 is 0 Å². The molecule has 14 heavy (non-hydrogen) atoms. The molecule has 1 amide bonds. The van der Waals surface area contributed by atoms with Gasteiger partial charge < -0.3 is 5.73 Å². The Hall–Kier alpha value is -1.57. The molecule has 0 bridgehead atoms. The number of rotatable bonds is 3. The van der Waals surface area contributed by atoms with E-state index in [0.29, 0.717) is 0 Å². The first-order valence-electron chi connectivity index (χ1n) is 3.85. The van der Waals surface area contributed by atoms with E-state index in [4.69, 9.17) is 5.73 Å². The fraction of sp³-hybridized carbons (Fsp3) is 0.500. The van der Waals surface area contributed by atoms with Crippen LogP contribution in [0.15, 0.2) is 0 Å². The molecule has 1 unspecified atom stereocenters. The van der Waals surface area contributed by atoms with Crippen LogP contribution in [-0.2, 0) is 11.8 Å². The van der Waals surface area contributed by atoms with Gasteiger partial charge in [0.15, 0.2) is 0 Å². The van der Waals surface area contributed by atoms with E-state index < -0.39 is 5.92 Å². The van der Waals surface area contributed by atoms with Crippen molar-refractivity contribution in [2.24, 2.45) is 18.7 Å². The van der Waals surface area contributed by atoms with Crippen molar-refractivity contribution in [3.05, 3.63) is 0 Å². The summed E-state index contributed by atoms with van der Waals surface area (Å²) in [5, 5.41) is 13.3. The molecule has 0 spiro atoms. The van der Waals surface area contributed by atoms with Crippen molar-refractivity contribution < 1.29 is 4.79 Å². The van der Waals surface area contributed by atoms with Crippen LogP contribution in [-0.4, -0.2) is 31.1 Å². The third kappa shape index (κ3) is 2.46. The van der Waals surface area contributed by atoms with E-state index >= 15 is 0 Å². The summed E-state index contributed by atoms with van der Waals surface area (Å²) in [5.41, 5.74) is 5.30. The van der Waals surface area contributed by atoms with Crippen LogP contribution in [0, 0.1) is 5.92 Å². The summed E-state index contributed by atoms with van der Waals surface area (Å²) in [6, 6.07) is 0. The highest BCUT2D eigenvalue weighted by atomic mass is 32.1. The van der Waals surface area contributed by atoms with Crippen LogP contribution in [0.4, 0.5) is 5.95 Å². The number of nitrogens with one attached hydrogen (secondary N) is 1.